The zero-order chi connectivity index (χ0) is 12.1. The van der Waals surface area contributed by atoms with Gasteiger partial charge in [0.25, 0.3) is 5.91 Å². The number of nitrogen functional groups attached to an aromatic ring is 1. The van der Waals surface area contributed by atoms with Crippen molar-refractivity contribution in [2.45, 2.75) is 20.3 Å². The molecule has 1 unspecified atom stereocenters. The van der Waals surface area contributed by atoms with Crippen LogP contribution < -0.4 is 11.1 Å². The molecule has 0 heterocycles. The summed E-state index contributed by atoms with van der Waals surface area (Å²) in [5.41, 5.74) is 5.77. The highest BCUT2D eigenvalue weighted by Gasteiger charge is 2.08. The summed E-state index contributed by atoms with van der Waals surface area (Å²) < 4.78 is 12.9. The van der Waals surface area contributed by atoms with Crippen molar-refractivity contribution in [2.24, 2.45) is 5.92 Å². The van der Waals surface area contributed by atoms with Gasteiger partial charge < -0.3 is 11.1 Å². The summed E-state index contributed by atoms with van der Waals surface area (Å²) in [5, 5.41) is 2.78. The largest absolute Gasteiger partial charge is 0.396 e. The van der Waals surface area contributed by atoms with Crippen LogP contribution in [0.2, 0.25) is 0 Å². The van der Waals surface area contributed by atoms with Gasteiger partial charge >= 0.3 is 0 Å². The molecule has 1 rings (SSSR count). The number of halogens is 1. The van der Waals surface area contributed by atoms with Gasteiger partial charge in [-0.15, -0.1) is 0 Å². The quantitative estimate of drug-likeness (QED) is 0.770. The van der Waals surface area contributed by atoms with Crippen LogP contribution in [0.3, 0.4) is 0 Å². The van der Waals surface area contributed by atoms with E-state index in [2.05, 4.69) is 19.2 Å². The lowest BCUT2D eigenvalue weighted by Crippen LogP contribution is -2.28. The second-order valence-corrected chi connectivity index (χ2v) is 3.96. The van der Waals surface area contributed by atoms with Crippen molar-refractivity contribution < 1.29 is 9.18 Å². The molecule has 0 fully saturated rings. The SMILES string of the molecule is CCC(C)CNC(=O)c1ccc(F)c(N)c1. The number of carbonyl (C=O) groups excluding carboxylic acids is 1. The Morgan fingerprint density at radius 2 is 2.25 bits per heavy atom. The Bertz CT molecular complexity index is 379. The van der Waals surface area contributed by atoms with Gasteiger partial charge in [-0.2, -0.15) is 0 Å². The second kappa shape index (κ2) is 5.49. The molecule has 0 aliphatic carbocycles. The zero-order valence-electron chi connectivity index (χ0n) is 9.59. The van der Waals surface area contributed by atoms with Crippen molar-refractivity contribution in [3.05, 3.63) is 29.6 Å². The van der Waals surface area contributed by atoms with E-state index in [4.69, 9.17) is 5.73 Å². The van der Waals surface area contributed by atoms with E-state index in [9.17, 15) is 9.18 Å². The molecule has 88 valence electrons. The van der Waals surface area contributed by atoms with E-state index in [1.165, 1.54) is 18.2 Å². The van der Waals surface area contributed by atoms with Gasteiger partial charge in [-0.3, -0.25) is 4.79 Å². The minimum Gasteiger partial charge on any atom is -0.396 e. The normalized spacial score (nSPS) is 12.2. The number of hydrogen-bond donors (Lipinski definition) is 2. The van der Waals surface area contributed by atoms with E-state index in [1.807, 2.05) is 0 Å². The van der Waals surface area contributed by atoms with E-state index < -0.39 is 5.82 Å². The van der Waals surface area contributed by atoms with Crippen molar-refractivity contribution in [3.8, 4) is 0 Å². The molecule has 1 atom stereocenters. The molecule has 1 aromatic rings. The average molecular weight is 224 g/mol. The van der Waals surface area contributed by atoms with E-state index in [0.717, 1.165) is 6.42 Å². The lowest BCUT2D eigenvalue weighted by Gasteiger charge is -2.10. The van der Waals surface area contributed by atoms with Gasteiger partial charge in [-0.25, -0.2) is 4.39 Å². The van der Waals surface area contributed by atoms with Gasteiger partial charge in [-0.1, -0.05) is 20.3 Å². The van der Waals surface area contributed by atoms with E-state index in [0.29, 0.717) is 18.0 Å². The Labute approximate surface area is 94.8 Å². The third-order valence-corrected chi connectivity index (χ3v) is 2.57. The topological polar surface area (TPSA) is 55.1 Å². The van der Waals surface area contributed by atoms with E-state index in [-0.39, 0.29) is 11.6 Å². The third-order valence-electron chi connectivity index (χ3n) is 2.57. The maximum absolute atomic E-state index is 12.9. The molecule has 4 heteroatoms. The fraction of sp³-hybridized carbons (Fsp3) is 0.417. The summed E-state index contributed by atoms with van der Waals surface area (Å²) >= 11 is 0. The fourth-order valence-electron chi connectivity index (χ4n) is 1.20. The molecule has 0 radical (unpaired) electrons. The van der Waals surface area contributed by atoms with Crippen molar-refractivity contribution in [3.63, 3.8) is 0 Å². The van der Waals surface area contributed by atoms with Crippen LogP contribution in [-0.4, -0.2) is 12.5 Å². The summed E-state index contributed by atoms with van der Waals surface area (Å²) in [5.74, 6) is -0.285. The molecular weight excluding hydrogens is 207 g/mol. The minimum absolute atomic E-state index is 0.00353. The van der Waals surface area contributed by atoms with Crippen molar-refractivity contribution in [1.29, 1.82) is 0 Å². The standard InChI is InChI=1S/C12H17FN2O/c1-3-8(2)7-15-12(16)9-4-5-10(13)11(14)6-9/h4-6,8H,3,7,14H2,1-2H3,(H,15,16). The third kappa shape index (κ3) is 3.22. The van der Waals surface area contributed by atoms with Crippen molar-refractivity contribution in [2.75, 3.05) is 12.3 Å². The van der Waals surface area contributed by atoms with E-state index >= 15 is 0 Å². The highest BCUT2D eigenvalue weighted by Crippen LogP contribution is 2.12. The first-order valence-electron chi connectivity index (χ1n) is 5.37. The number of nitrogens with one attached hydrogen (secondary N) is 1. The Balaban J connectivity index is 2.63. The summed E-state index contributed by atoms with van der Waals surface area (Å²) in [4.78, 5) is 11.6. The summed E-state index contributed by atoms with van der Waals surface area (Å²) in [6, 6.07) is 3.98. The summed E-state index contributed by atoms with van der Waals surface area (Å²) in [6.45, 7) is 4.73. The van der Waals surface area contributed by atoms with Crippen LogP contribution >= 0.6 is 0 Å². The van der Waals surface area contributed by atoms with Crippen molar-refractivity contribution >= 4 is 11.6 Å². The van der Waals surface area contributed by atoms with Crippen LogP contribution in [0, 0.1) is 11.7 Å². The lowest BCUT2D eigenvalue weighted by molar-refractivity contribution is 0.0948. The Morgan fingerprint density at radius 3 is 2.81 bits per heavy atom. The highest BCUT2D eigenvalue weighted by atomic mass is 19.1. The number of rotatable bonds is 4. The predicted octanol–water partition coefficient (Wildman–Crippen LogP) is 2.18. The first-order chi connectivity index (χ1) is 7.54. The molecule has 0 bridgehead atoms. The first kappa shape index (κ1) is 12.5. The van der Waals surface area contributed by atoms with Gasteiger partial charge in [0.05, 0.1) is 5.69 Å². The molecule has 1 aromatic carbocycles. The fourth-order valence-corrected chi connectivity index (χ4v) is 1.20. The maximum atomic E-state index is 12.9. The zero-order valence-corrected chi connectivity index (χ0v) is 9.59. The van der Waals surface area contributed by atoms with Crippen molar-refractivity contribution in [1.82, 2.24) is 5.32 Å². The first-order valence-corrected chi connectivity index (χ1v) is 5.37. The number of benzene rings is 1. The molecular formula is C12H17FN2O. The number of carbonyl (C=O) groups is 1. The van der Waals surface area contributed by atoms with Crippen LogP contribution in [0.1, 0.15) is 30.6 Å². The number of hydrogen-bond acceptors (Lipinski definition) is 2. The Kier molecular flexibility index (Phi) is 4.28. The van der Waals surface area contributed by atoms with Crippen LogP contribution in [0.4, 0.5) is 10.1 Å². The summed E-state index contributed by atoms with van der Waals surface area (Å²) in [6.07, 6.45) is 1.01. The Morgan fingerprint density at radius 1 is 1.56 bits per heavy atom. The van der Waals surface area contributed by atoms with Gasteiger partial charge in [-0.05, 0) is 24.1 Å². The van der Waals surface area contributed by atoms with Gasteiger partial charge in [0.15, 0.2) is 0 Å². The molecule has 0 aliphatic rings. The van der Waals surface area contributed by atoms with Gasteiger partial charge in [0, 0.05) is 12.1 Å². The van der Waals surface area contributed by atoms with E-state index in [1.54, 1.807) is 0 Å². The Hall–Kier alpha value is -1.58. The maximum Gasteiger partial charge on any atom is 0.251 e. The smallest absolute Gasteiger partial charge is 0.251 e. The van der Waals surface area contributed by atoms with Crippen LogP contribution in [0.15, 0.2) is 18.2 Å². The molecule has 0 aliphatic heterocycles. The molecule has 3 nitrogen and oxygen atoms in total. The molecule has 1 amide bonds. The average Bonchev–Trinajstić information content (AvgIpc) is 2.29. The predicted molar refractivity (Wildman–Crippen MR) is 62.6 cm³/mol. The molecule has 0 saturated heterocycles. The minimum atomic E-state index is -0.501. The van der Waals surface area contributed by atoms with Gasteiger partial charge in [0.2, 0.25) is 0 Å². The molecule has 0 saturated carbocycles. The summed E-state index contributed by atoms with van der Waals surface area (Å²) in [7, 11) is 0. The van der Waals surface area contributed by atoms with Crippen LogP contribution in [0.5, 0.6) is 0 Å². The molecule has 0 aromatic heterocycles. The number of anilines is 1. The molecule has 16 heavy (non-hydrogen) atoms. The molecule has 0 spiro atoms. The lowest BCUT2D eigenvalue weighted by atomic mass is 10.1. The van der Waals surface area contributed by atoms with Crippen LogP contribution in [-0.2, 0) is 0 Å². The van der Waals surface area contributed by atoms with Crippen LogP contribution in [0.25, 0.3) is 0 Å². The second-order valence-electron chi connectivity index (χ2n) is 3.96. The monoisotopic (exact) mass is 224 g/mol. The molecule has 3 N–H and O–H groups in total. The number of amides is 1. The highest BCUT2D eigenvalue weighted by molar-refractivity contribution is 5.95. The number of nitrogens with two attached hydrogens (primary N) is 1. The van der Waals surface area contributed by atoms with Gasteiger partial charge in [0.1, 0.15) is 5.82 Å².